The number of carbonyl (C=O) groups is 3. The van der Waals surface area contributed by atoms with E-state index in [0.29, 0.717) is 23.5 Å². The third-order valence-corrected chi connectivity index (χ3v) is 3.81. The number of ether oxygens (including phenoxy) is 2. The van der Waals surface area contributed by atoms with E-state index < -0.39 is 17.2 Å². The van der Waals surface area contributed by atoms with Crippen LogP contribution in [0.15, 0.2) is 54.6 Å². The van der Waals surface area contributed by atoms with Gasteiger partial charge in [-0.2, -0.15) is 0 Å². The highest BCUT2D eigenvalue weighted by Gasteiger charge is 2.09. The zero-order chi connectivity index (χ0) is 19.6. The van der Waals surface area contributed by atoms with Crippen molar-refractivity contribution < 1.29 is 23.9 Å². The Bertz CT molecular complexity index is 823. The topological polar surface area (TPSA) is 69.7 Å². The molecule has 0 N–H and O–H groups in total. The molecular formula is C21H19ClO5. The molecule has 5 nitrogen and oxygen atoms in total. The van der Waals surface area contributed by atoms with Crippen molar-refractivity contribution in [1.29, 1.82) is 0 Å². The predicted octanol–water partition coefficient (Wildman–Crippen LogP) is 4.64. The number of unbranched alkanes of at least 4 members (excludes halogenated alkanes) is 1. The normalized spacial score (nSPS) is 10.6. The summed E-state index contributed by atoms with van der Waals surface area (Å²) in [5.74, 6) is -0.624. The lowest BCUT2D eigenvalue weighted by Crippen LogP contribution is -2.08. The Kier molecular flexibility index (Phi) is 7.77. The van der Waals surface area contributed by atoms with Gasteiger partial charge >= 0.3 is 11.9 Å². The van der Waals surface area contributed by atoms with Gasteiger partial charge in [0.25, 0.3) is 5.24 Å². The van der Waals surface area contributed by atoms with Gasteiger partial charge in [-0.3, -0.25) is 4.79 Å². The summed E-state index contributed by atoms with van der Waals surface area (Å²) in [6.07, 6.45) is 4.76. The number of halogens is 1. The van der Waals surface area contributed by atoms with E-state index in [1.54, 1.807) is 30.3 Å². The van der Waals surface area contributed by atoms with Crippen molar-refractivity contribution in [3.8, 4) is 5.75 Å². The van der Waals surface area contributed by atoms with Crippen LogP contribution in [-0.4, -0.2) is 23.8 Å². The molecule has 0 heterocycles. The second-order valence-corrected chi connectivity index (χ2v) is 6.01. The van der Waals surface area contributed by atoms with Crippen LogP contribution in [0.4, 0.5) is 0 Å². The lowest BCUT2D eigenvalue weighted by atomic mass is 10.1. The largest absolute Gasteiger partial charge is 0.463 e. The van der Waals surface area contributed by atoms with Crippen LogP contribution in [0.1, 0.15) is 46.0 Å². The van der Waals surface area contributed by atoms with Gasteiger partial charge in [-0.05, 0) is 66.1 Å². The van der Waals surface area contributed by atoms with Crippen molar-refractivity contribution >= 4 is 34.9 Å². The Morgan fingerprint density at radius 1 is 0.963 bits per heavy atom. The standard InChI is InChI=1S/C21H19ClO5/c1-2-3-14-26-19(23)13-6-15-4-7-17(8-5-15)21(25)27-18-11-9-16(10-12-18)20(22)24/h4-13H,2-3,14H2,1H3/b13-6+. The van der Waals surface area contributed by atoms with Crippen molar-refractivity contribution in [1.82, 2.24) is 0 Å². The molecule has 0 amide bonds. The Morgan fingerprint density at radius 2 is 1.59 bits per heavy atom. The SMILES string of the molecule is CCCCOC(=O)/C=C/c1ccc(C(=O)Oc2ccc(C(=O)Cl)cc2)cc1. The Morgan fingerprint density at radius 3 is 2.19 bits per heavy atom. The fourth-order valence-corrected chi connectivity index (χ4v) is 2.21. The molecule has 2 aromatic carbocycles. The van der Waals surface area contributed by atoms with Crippen molar-refractivity contribution in [3.05, 3.63) is 71.3 Å². The highest BCUT2D eigenvalue weighted by Crippen LogP contribution is 2.16. The molecule has 0 fully saturated rings. The number of rotatable bonds is 8. The van der Waals surface area contributed by atoms with Crippen LogP contribution < -0.4 is 4.74 Å². The van der Waals surface area contributed by atoms with E-state index >= 15 is 0 Å². The molecule has 0 saturated heterocycles. The van der Waals surface area contributed by atoms with E-state index in [4.69, 9.17) is 21.1 Å². The van der Waals surface area contributed by atoms with Crippen LogP contribution in [0.2, 0.25) is 0 Å². The molecule has 2 aromatic rings. The molecule has 0 aliphatic carbocycles. The van der Waals surface area contributed by atoms with Crippen LogP contribution in [-0.2, 0) is 9.53 Å². The number of carbonyl (C=O) groups excluding carboxylic acids is 3. The molecule has 0 aliphatic heterocycles. The van der Waals surface area contributed by atoms with E-state index in [2.05, 4.69) is 0 Å². The van der Waals surface area contributed by atoms with Crippen LogP contribution >= 0.6 is 11.6 Å². The van der Waals surface area contributed by atoms with Crippen molar-refractivity contribution in [2.75, 3.05) is 6.61 Å². The molecule has 140 valence electrons. The smallest absolute Gasteiger partial charge is 0.343 e. The van der Waals surface area contributed by atoms with E-state index in [1.165, 1.54) is 30.3 Å². The van der Waals surface area contributed by atoms with Gasteiger partial charge in [0.2, 0.25) is 0 Å². The maximum absolute atomic E-state index is 12.1. The Hall–Kier alpha value is -2.92. The van der Waals surface area contributed by atoms with Gasteiger partial charge in [-0.1, -0.05) is 25.5 Å². The minimum absolute atomic E-state index is 0.306. The first kappa shape index (κ1) is 20.4. The Labute approximate surface area is 162 Å². The minimum Gasteiger partial charge on any atom is -0.463 e. The summed E-state index contributed by atoms with van der Waals surface area (Å²) in [4.78, 5) is 34.7. The summed E-state index contributed by atoms with van der Waals surface area (Å²) in [7, 11) is 0. The average molecular weight is 387 g/mol. The predicted molar refractivity (Wildman–Crippen MR) is 103 cm³/mol. The monoisotopic (exact) mass is 386 g/mol. The molecule has 0 aliphatic rings. The molecule has 0 bridgehead atoms. The van der Waals surface area contributed by atoms with Gasteiger partial charge in [0.15, 0.2) is 0 Å². The van der Waals surface area contributed by atoms with Gasteiger partial charge in [-0.25, -0.2) is 9.59 Å². The first-order valence-corrected chi connectivity index (χ1v) is 8.84. The molecule has 6 heteroatoms. The maximum Gasteiger partial charge on any atom is 0.343 e. The molecule has 0 radical (unpaired) electrons. The van der Waals surface area contributed by atoms with Crippen LogP contribution in [0, 0.1) is 0 Å². The van der Waals surface area contributed by atoms with Crippen LogP contribution in [0.5, 0.6) is 5.75 Å². The Balaban J connectivity index is 1.92. The second kappa shape index (κ2) is 10.3. The van der Waals surface area contributed by atoms with E-state index in [1.807, 2.05) is 6.92 Å². The van der Waals surface area contributed by atoms with Gasteiger partial charge in [-0.15, -0.1) is 0 Å². The first-order chi connectivity index (χ1) is 13.0. The van der Waals surface area contributed by atoms with Gasteiger partial charge in [0.1, 0.15) is 5.75 Å². The van der Waals surface area contributed by atoms with E-state index in [9.17, 15) is 14.4 Å². The lowest BCUT2D eigenvalue weighted by molar-refractivity contribution is -0.137. The van der Waals surface area contributed by atoms with Gasteiger partial charge in [0, 0.05) is 11.6 Å². The second-order valence-electron chi connectivity index (χ2n) is 5.66. The molecule has 0 saturated carbocycles. The maximum atomic E-state index is 12.1. The van der Waals surface area contributed by atoms with E-state index in [0.717, 1.165) is 18.4 Å². The number of hydrogen-bond donors (Lipinski definition) is 0. The zero-order valence-electron chi connectivity index (χ0n) is 14.8. The van der Waals surface area contributed by atoms with Gasteiger partial charge in [0.05, 0.1) is 12.2 Å². The minimum atomic E-state index is -0.578. The first-order valence-electron chi connectivity index (χ1n) is 8.46. The number of benzene rings is 2. The quantitative estimate of drug-likeness (QED) is 0.217. The molecular weight excluding hydrogens is 368 g/mol. The third-order valence-electron chi connectivity index (χ3n) is 3.59. The summed E-state index contributed by atoms with van der Waals surface area (Å²) >= 11 is 5.37. The van der Waals surface area contributed by atoms with Crippen LogP contribution in [0.25, 0.3) is 6.08 Å². The van der Waals surface area contributed by atoms with E-state index in [-0.39, 0.29) is 0 Å². The number of esters is 2. The third kappa shape index (κ3) is 6.72. The summed E-state index contributed by atoms with van der Waals surface area (Å²) in [6, 6.07) is 12.5. The van der Waals surface area contributed by atoms with Crippen LogP contribution in [0.3, 0.4) is 0 Å². The van der Waals surface area contributed by atoms with Crippen molar-refractivity contribution in [2.24, 2.45) is 0 Å². The van der Waals surface area contributed by atoms with Crippen molar-refractivity contribution in [3.63, 3.8) is 0 Å². The summed E-state index contributed by atoms with van der Waals surface area (Å²) in [6.45, 7) is 2.43. The lowest BCUT2D eigenvalue weighted by Gasteiger charge is -2.05. The molecule has 2 rings (SSSR count). The summed E-state index contributed by atoms with van der Waals surface area (Å²) < 4.78 is 10.3. The summed E-state index contributed by atoms with van der Waals surface area (Å²) in [5, 5.41) is -0.578. The number of hydrogen-bond acceptors (Lipinski definition) is 5. The highest BCUT2D eigenvalue weighted by atomic mass is 35.5. The van der Waals surface area contributed by atoms with Gasteiger partial charge < -0.3 is 9.47 Å². The average Bonchev–Trinajstić information content (AvgIpc) is 2.67. The molecule has 0 aromatic heterocycles. The fourth-order valence-electron chi connectivity index (χ4n) is 2.08. The highest BCUT2D eigenvalue weighted by molar-refractivity contribution is 6.67. The summed E-state index contributed by atoms with van der Waals surface area (Å²) in [5.41, 5.74) is 1.43. The fraction of sp³-hybridized carbons (Fsp3) is 0.190. The van der Waals surface area contributed by atoms with Crippen molar-refractivity contribution in [2.45, 2.75) is 19.8 Å². The molecule has 27 heavy (non-hydrogen) atoms. The molecule has 0 spiro atoms. The zero-order valence-corrected chi connectivity index (χ0v) is 15.6. The molecule has 0 atom stereocenters. The molecule has 0 unspecified atom stereocenters.